The normalized spacial score (nSPS) is 19.5. The third-order valence-corrected chi connectivity index (χ3v) is 6.19. The molecule has 1 aromatic carbocycles. The van der Waals surface area contributed by atoms with Gasteiger partial charge in [-0.2, -0.15) is 4.98 Å². The molecule has 1 unspecified atom stereocenters. The number of fused-ring (bicyclic) bond motifs is 1. The van der Waals surface area contributed by atoms with Crippen molar-refractivity contribution in [3.8, 4) is 0 Å². The summed E-state index contributed by atoms with van der Waals surface area (Å²) in [5.74, 6) is 2.00. The summed E-state index contributed by atoms with van der Waals surface area (Å²) in [5, 5.41) is 8.49. The molecule has 3 heterocycles. The molecule has 1 amide bonds. The van der Waals surface area contributed by atoms with E-state index in [1.807, 2.05) is 0 Å². The Hall–Kier alpha value is -2.67. The van der Waals surface area contributed by atoms with Crippen LogP contribution in [0.4, 0.5) is 0 Å². The number of hydrogen-bond donors (Lipinski definition) is 1. The van der Waals surface area contributed by atoms with E-state index in [-0.39, 0.29) is 17.7 Å². The Labute approximate surface area is 183 Å². The molecule has 1 aliphatic rings. The molecular weight excluding hydrogens is 390 g/mol. The molecule has 4 rings (SSSR count). The number of aromatic nitrogens is 3. The van der Waals surface area contributed by atoms with Crippen molar-refractivity contribution in [3.05, 3.63) is 47.7 Å². The van der Waals surface area contributed by atoms with Crippen molar-refractivity contribution < 1.29 is 9.32 Å². The first-order valence-electron chi connectivity index (χ1n) is 11.4. The van der Waals surface area contributed by atoms with Gasteiger partial charge in [-0.3, -0.25) is 9.69 Å². The third-order valence-electron chi connectivity index (χ3n) is 6.19. The van der Waals surface area contributed by atoms with Crippen molar-refractivity contribution in [2.24, 2.45) is 7.05 Å². The summed E-state index contributed by atoms with van der Waals surface area (Å²) < 4.78 is 7.76. The zero-order valence-corrected chi connectivity index (χ0v) is 18.8. The molecule has 7 heteroatoms. The van der Waals surface area contributed by atoms with Gasteiger partial charge in [0.15, 0.2) is 5.82 Å². The van der Waals surface area contributed by atoms with Gasteiger partial charge in [0.05, 0.1) is 0 Å². The topological polar surface area (TPSA) is 76.2 Å². The zero-order chi connectivity index (χ0) is 21.8. The lowest BCUT2D eigenvalue weighted by molar-refractivity contribution is -0.121. The molecule has 7 nitrogen and oxygen atoms in total. The standard InChI is InChI=1S/C24H33N5O2/c1-17(2)23-26-24(31-27-23)18-7-6-13-29(14-11-22(30)25-12-10-18)16-19-15-28(3)21-9-5-4-8-20(19)21/h4-5,8-9,15,17-18H,6-7,10-14,16H2,1-3H3,(H,25,30). The summed E-state index contributed by atoms with van der Waals surface area (Å²) in [6, 6.07) is 8.50. The first kappa shape index (κ1) is 21.6. The number of amides is 1. The highest BCUT2D eigenvalue weighted by molar-refractivity contribution is 5.83. The van der Waals surface area contributed by atoms with Crippen LogP contribution in [0.1, 0.15) is 68.6 Å². The number of benzene rings is 1. The number of rotatable bonds is 4. The molecule has 1 atom stereocenters. The van der Waals surface area contributed by atoms with Gasteiger partial charge in [0.1, 0.15) is 0 Å². The average Bonchev–Trinajstić information content (AvgIpc) is 3.35. The number of nitrogens with zero attached hydrogens (tertiary/aromatic N) is 4. The van der Waals surface area contributed by atoms with E-state index in [9.17, 15) is 4.79 Å². The van der Waals surface area contributed by atoms with Gasteiger partial charge >= 0.3 is 0 Å². The van der Waals surface area contributed by atoms with Gasteiger partial charge in [0.25, 0.3) is 0 Å². The molecule has 3 aromatic rings. The SMILES string of the molecule is CC(C)c1noc(C2CCCN(Cc3cn(C)c4ccccc34)CCC(=O)NCC2)n1. The molecule has 1 N–H and O–H groups in total. The summed E-state index contributed by atoms with van der Waals surface area (Å²) in [5.41, 5.74) is 2.55. The summed E-state index contributed by atoms with van der Waals surface area (Å²) in [4.78, 5) is 19.4. The van der Waals surface area contributed by atoms with Crippen LogP contribution in [0, 0.1) is 0 Å². The van der Waals surface area contributed by atoms with E-state index >= 15 is 0 Å². The predicted molar refractivity (Wildman–Crippen MR) is 121 cm³/mol. The van der Waals surface area contributed by atoms with Crippen molar-refractivity contribution in [1.82, 2.24) is 24.9 Å². The molecule has 0 bridgehead atoms. The van der Waals surface area contributed by atoms with Crippen molar-refractivity contribution in [1.29, 1.82) is 0 Å². The van der Waals surface area contributed by atoms with Crippen LogP contribution in [0.2, 0.25) is 0 Å². The quantitative estimate of drug-likeness (QED) is 0.687. The maximum absolute atomic E-state index is 12.4. The van der Waals surface area contributed by atoms with Crippen LogP contribution in [-0.4, -0.2) is 45.1 Å². The van der Waals surface area contributed by atoms with Crippen molar-refractivity contribution in [2.45, 2.75) is 57.9 Å². The molecule has 0 saturated carbocycles. The summed E-state index contributed by atoms with van der Waals surface area (Å²) in [7, 11) is 2.09. The maximum atomic E-state index is 12.4. The monoisotopic (exact) mass is 423 g/mol. The Bertz CT molecular complexity index is 1020. The van der Waals surface area contributed by atoms with E-state index in [1.54, 1.807) is 0 Å². The Kier molecular flexibility index (Phi) is 6.70. The largest absolute Gasteiger partial charge is 0.356 e. The number of para-hydroxylation sites is 1. The van der Waals surface area contributed by atoms with Crippen LogP contribution < -0.4 is 5.32 Å². The molecule has 166 valence electrons. The molecule has 0 radical (unpaired) electrons. The summed E-state index contributed by atoms with van der Waals surface area (Å²) in [6.45, 7) is 7.33. The van der Waals surface area contributed by atoms with Gasteiger partial charge in [0.2, 0.25) is 11.8 Å². The van der Waals surface area contributed by atoms with Crippen LogP contribution in [0.25, 0.3) is 10.9 Å². The molecule has 0 aliphatic carbocycles. The maximum Gasteiger partial charge on any atom is 0.229 e. The lowest BCUT2D eigenvalue weighted by Gasteiger charge is -2.22. The van der Waals surface area contributed by atoms with Gasteiger partial charge < -0.3 is 14.4 Å². The van der Waals surface area contributed by atoms with E-state index < -0.39 is 0 Å². The second kappa shape index (κ2) is 9.64. The highest BCUT2D eigenvalue weighted by Gasteiger charge is 2.22. The van der Waals surface area contributed by atoms with Crippen LogP contribution in [0.3, 0.4) is 0 Å². The Morgan fingerprint density at radius 1 is 1.23 bits per heavy atom. The summed E-state index contributed by atoms with van der Waals surface area (Å²) in [6.07, 6.45) is 5.57. The van der Waals surface area contributed by atoms with Gasteiger partial charge in [-0.15, -0.1) is 0 Å². The fourth-order valence-corrected chi connectivity index (χ4v) is 4.40. The van der Waals surface area contributed by atoms with E-state index in [0.29, 0.717) is 18.9 Å². The average molecular weight is 424 g/mol. The Morgan fingerprint density at radius 3 is 2.87 bits per heavy atom. The second-order valence-corrected chi connectivity index (χ2v) is 8.93. The van der Waals surface area contributed by atoms with Crippen LogP contribution >= 0.6 is 0 Å². The van der Waals surface area contributed by atoms with Crippen LogP contribution in [-0.2, 0) is 18.4 Å². The number of hydrogen-bond acceptors (Lipinski definition) is 5. The van der Waals surface area contributed by atoms with Gasteiger partial charge in [-0.25, -0.2) is 0 Å². The number of carbonyl (C=O) groups excluding carboxylic acids is 1. The van der Waals surface area contributed by atoms with Crippen molar-refractivity contribution in [3.63, 3.8) is 0 Å². The van der Waals surface area contributed by atoms with Crippen molar-refractivity contribution >= 4 is 16.8 Å². The zero-order valence-electron chi connectivity index (χ0n) is 18.8. The van der Waals surface area contributed by atoms with Gasteiger partial charge in [-0.05, 0) is 37.4 Å². The second-order valence-electron chi connectivity index (χ2n) is 8.93. The highest BCUT2D eigenvalue weighted by Crippen LogP contribution is 2.26. The van der Waals surface area contributed by atoms with Gasteiger partial charge in [0, 0.05) is 62.0 Å². The smallest absolute Gasteiger partial charge is 0.229 e. The molecular formula is C24H33N5O2. The lowest BCUT2D eigenvalue weighted by atomic mass is 9.99. The van der Waals surface area contributed by atoms with Crippen LogP contribution in [0.15, 0.2) is 35.0 Å². The number of carbonyl (C=O) groups is 1. The fourth-order valence-electron chi connectivity index (χ4n) is 4.40. The molecule has 1 saturated heterocycles. The van der Waals surface area contributed by atoms with Gasteiger partial charge in [-0.1, -0.05) is 37.2 Å². The molecule has 1 aliphatic heterocycles. The molecule has 0 spiro atoms. The van der Waals surface area contributed by atoms with E-state index in [2.05, 4.69) is 76.3 Å². The molecule has 1 fully saturated rings. The van der Waals surface area contributed by atoms with E-state index in [1.165, 1.54) is 16.5 Å². The number of aryl methyl sites for hydroxylation is 1. The Morgan fingerprint density at radius 2 is 2.06 bits per heavy atom. The third kappa shape index (κ3) is 5.15. The van der Waals surface area contributed by atoms with E-state index in [4.69, 9.17) is 4.52 Å². The van der Waals surface area contributed by atoms with Crippen LogP contribution in [0.5, 0.6) is 0 Å². The Balaban J connectivity index is 1.48. The minimum atomic E-state index is 0.108. The number of nitrogens with one attached hydrogen (secondary N) is 1. The first-order valence-corrected chi connectivity index (χ1v) is 11.4. The summed E-state index contributed by atoms with van der Waals surface area (Å²) >= 11 is 0. The predicted octanol–water partition coefficient (Wildman–Crippen LogP) is 3.96. The molecule has 31 heavy (non-hydrogen) atoms. The lowest BCUT2D eigenvalue weighted by Crippen LogP contribution is -2.31. The van der Waals surface area contributed by atoms with E-state index in [0.717, 1.165) is 44.7 Å². The first-order chi connectivity index (χ1) is 15.0. The highest BCUT2D eigenvalue weighted by atomic mass is 16.5. The molecule has 2 aromatic heterocycles. The minimum absolute atomic E-state index is 0.108. The van der Waals surface area contributed by atoms with Crippen molar-refractivity contribution in [2.75, 3.05) is 19.6 Å². The minimum Gasteiger partial charge on any atom is -0.356 e. The fraction of sp³-hybridized carbons (Fsp3) is 0.542.